The van der Waals surface area contributed by atoms with E-state index in [-0.39, 0.29) is 0 Å². The third kappa shape index (κ3) is 7.10. The summed E-state index contributed by atoms with van der Waals surface area (Å²) in [6.07, 6.45) is 4.24. The first-order chi connectivity index (χ1) is 13.0. The van der Waals surface area contributed by atoms with Gasteiger partial charge in [-0.05, 0) is 53.6 Å². The van der Waals surface area contributed by atoms with Crippen LogP contribution in [0.2, 0.25) is 0 Å². The molecule has 0 fully saturated rings. The van der Waals surface area contributed by atoms with Crippen LogP contribution in [0.15, 0.2) is 4.99 Å². The molecule has 0 saturated heterocycles. The van der Waals surface area contributed by atoms with E-state index >= 15 is 0 Å². The number of guanidine groups is 1. The second-order valence-corrected chi connectivity index (χ2v) is 7.48. The molecule has 27 heavy (non-hydrogen) atoms. The highest BCUT2D eigenvalue weighted by Crippen LogP contribution is 2.13. The highest BCUT2D eigenvalue weighted by molar-refractivity contribution is 5.80. The maximum atomic E-state index is 5.13. The predicted molar refractivity (Wildman–Crippen MR) is 109 cm³/mol. The molecule has 0 aromatic carbocycles. The topological polar surface area (TPSA) is 79.6 Å². The first kappa shape index (κ1) is 21.6. The molecule has 1 aromatic heterocycles. The van der Waals surface area contributed by atoms with E-state index in [9.17, 15) is 0 Å². The van der Waals surface area contributed by atoms with Gasteiger partial charge in [0.15, 0.2) is 11.8 Å². The van der Waals surface area contributed by atoms with E-state index in [0.29, 0.717) is 18.7 Å². The molecule has 0 saturated carbocycles. The Morgan fingerprint density at radius 1 is 1.41 bits per heavy atom. The molecule has 1 aliphatic rings. The zero-order chi connectivity index (χ0) is 19.6. The smallest absolute Gasteiger partial charge is 0.191 e. The SMILES string of the molecule is CCNC(=NCCCCN(C)C(C)C)NC1CCc2nc(COC)nn2C1. The summed E-state index contributed by atoms with van der Waals surface area (Å²) in [6, 6.07) is 0.921. The second-order valence-electron chi connectivity index (χ2n) is 7.48. The van der Waals surface area contributed by atoms with Crippen LogP contribution >= 0.6 is 0 Å². The molecule has 0 bridgehead atoms. The Labute approximate surface area is 163 Å². The van der Waals surface area contributed by atoms with Gasteiger partial charge in [-0.15, -0.1) is 0 Å². The van der Waals surface area contributed by atoms with Gasteiger partial charge in [0.2, 0.25) is 0 Å². The number of nitrogens with one attached hydrogen (secondary N) is 2. The van der Waals surface area contributed by atoms with Crippen molar-refractivity contribution in [1.29, 1.82) is 0 Å². The molecule has 0 amide bonds. The molecule has 8 heteroatoms. The molecular formula is C19H37N7O. The van der Waals surface area contributed by atoms with Gasteiger partial charge in [0.25, 0.3) is 0 Å². The van der Waals surface area contributed by atoms with Crippen LogP contribution in [0.25, 0.3) is 0 Å². The largest absolute Gasteiger partial charge is 0.377 e. The van der Waals surface area contributed by atoms with Crippen LogP contribution in [-0.4, -0.2) is 71.5 Å². The Morgan fingerprint density at radius 2 is 2.22 bits per heavy atom. The fraction of sp³-hybridized carbons (Fsp3) is 0.842. The van der Waals surface area contributed by atoms with Crippen molar-refractivity contribution in [2.75, 3.05) is 33.8 Å². The molecule has 2 heterocycles. The summed E-state index contributed by atoms with van der Waals surface area (Å²) in [7, 11) is 3.85. The first-order valence-electron chi connectivity index (χ1n) is 10.2. The maximum Gasteiger partial charge on any atom is 0.191 e. The van der Waals surface area contributed by atoms with Crippen LogP contribution in [0.4, 0.5) is 0 Å². The quantitative estimate of drug-likeness (QED) is 0.364. The summed E-state index contributed by atoms with van der Waals surface area (Å²) in [6.45, 7) is 10.7. The molecule has 1 aliphatic heterocycles. The third-order valence-corrected chi connectivity index (χ3v) is 4.93. The molecule has 8 nitrogen and oxygen atoms in total. The second kappa shape index (κ2) is 11.2. The third-order valence-electron chi connectivity index (χ3n) is 4.93. The lowest BCUT2D eigenvalue weighted by Crippen LogP contribution is -2.47. The van der Waals surface area contributed by atoms with Crippen molar-refractivity contribution < 1.29 is 4.74 Å². The fourth-order valence-electron chi connectivity index (χ4n) is 3.10. The lowest BCUT2D eigenvalue weighted by molar-refractivity contribution is 0.177. The first-order valence-corrected chi connectivity index (χ1v) is 10.2. The van der Waals surface area contributed by atoms with Crippen LogP contribution in [0.5, 0.6) is 0 Å². The summed E-state index contributed by atoms with van der Waals surface area (Å²) >= 11 is 0. The number of unbranched alkanes of at least 4 members (excludes halogenated alkanes) is 1. The summed E-state index contributed by atoms with van der Waals surface area (Å²) in [5, 5.41) is 11.5. The van der Waals surface area contributed by atoms with E-state index in [2.05, 4.69) is 53.4 Å². The van der Waals surface area contributed by atoms with E-state index in [0.717, 1.165) is 63.0 Å². The van der Waals surface area contributed by atoms with Crippen molar-refractivity contribution in [1.82, 2.24) is 30.3 Å². The summed E-state index contributed by atoms with van der Waals surface area (Å²) in [5.74, 6) is 2.72. The van der Waals surface area contributed by atoms with Crippen LogP contribution in [0.1, 0.15) is 51.7 Å². The van der Waals surface area contributed by atoms with Crippen LogP contribution in [-0.2, 0) is 24.3 Å². The average Bonchev–Trinajstić information content (AvgIpc) is 3.03. The van der Waals surface area contributed by atoms with Crippen LogP contribution in [0.3, 0.4) is 0 Å². The van der Waals surface area contributed by atoms with Gasteiger partial charge in [-0.25, -0.2) is 9.67 Å². The molecule has 0 radical (unpaired) electrons. The van der Waals surface area contributed by atoms with Gasteiger partial charge in [-0.3, -0.25) is 4.99 Å². The van der Waals surface area contributed by atoms with Crippen molar-refractivity contribution in [2.45, 2.75) is 71.7 Å². The van der Waals surface area contributed by atoms with E-state index in [1.54, 1.807) is 7.11 Å². The number of hydrogen-bond donors (Lipinski definition) is 2. The van der Waals surface area contributed by atoms with Gasteiger partial charge in [0, 0.05) is 38.7 Å². The summed E-state index contributed by atoms with van der Waals surface area (Å²) < 4.78 is 7.14. The van der Waals surface area contributed by atoms with E-state index in [1.165, 1.54) is 6.42 Å². The average molecular weight is 380 g/mol. The van der Waals surface area contributed by atoms with Crippen molar-refractivity contribution in [3.63, 3.8) is 0 Å². The van der Waals surface area contributed by atoms with Gasteiger partial charge in [0.1, 0.15) is 12.4 Å². The number of aryl methyl sites for hydroxylation is 1. The minimum Gasteiger partial charge on any atom is -0.377 e. The van der Waals surface area contributed by atoms with Crippen molar-refractivity contribution in [2.24, 2.45) is 4.99 Å². The minimum atomic E-state index is 0.319. The minimum absolute atomic E-state index is 0.319. The number of methoxy groups -OCH3 is 1. The maximum absolute atomic E-state index is 5.13. The van der Waals surface area contributed by atoms with Gasteiger partial charge in [-0.1, -0.05) is 0 Å². The highest BCUT2D eigenvalue weighted by Gasteiger charge is 2.22. The molecule has 1 aromatic rings. The van der Waals surface area contributed by atoms with Crippen molar-refractivity contribution in [3.05, 3.63) is 11.6 Å². The Morgan fingerprint density at radius 3 is 2.93 bits per heavy atom. The Hall–Kier alpha value is -1.67. The van der Waals surface area contributed by atoms with E-state index in [1.807, 2.05) is 4.68 Å². The molecule has 1 atom stereocenters. The van der Waals surface area contributed by atoms with Crippen molar-refractivity contribution in [3.8, 4) is 0 Å². The number of nitrogens with zero attached hydrogens (tertiary/aromatic N) is 5. The summed E-state index contributed by atoms with van der Waals surface area (Å²) in [4.78, 5) is 11.7. The number of aromatic nitrogens is 3. The molecule has 0 spiro atoms. The van der Waals surface area contributed by atoms with Gasteiger partial charge in [-0.2, -0.15) is 5.10 Å². The Bertz CT molecular complexity index is 585. The predicted octanol–water partition coefficient (Wildman–Crippen LogP) is 1.41. The number of ether oxygens (including phenoxy) is 1. The standard InChI is InChI=1S/C19H37N7O/c1-6-20-19(21-11-7-8-12-25(4)15(2)3)22-16-9-10-18-23-17(14-27-5)24-26(18)13-16/h15-16H,6-14H2,1-5H3,(H2,20,21,22). The van der Waals surface area contributed by atoms with Crippen LogP contribution < -0.4 is 10.6 Å². The van der Waals surface area contributed by atoms with Crippen molar-refractivity contribution >= 4 is 5.96 Å². The zero-order valence-corrected chi connectivity index (χ0v) is 17.7. The van der Waals surface area contributed by atoms with E-state index < -0.39 is 0 Å². The lowest BCUT2D eigenvalue weighted by atomic mass is 10.1. The number of aliphatic imine (C=N–C) groups is 1. The van der Waals surface area contributed by atoms with E-state index in [4.69, 9.17) is 9.73 Å². The van der Waals surface area contributed by atoms with Gasteiger partial charge < -0.3 is 20.3 Å². The fourth-order valence-corrected chi connectivity index (χ4v) is 3.10. The molecule has 1 unspecified atom stereocenters. The molecule has 2 N–H and O–H groups in total. The number of rotatable bonds is 10. The highest BCUT2D eigenvalue weighted by atomic mass is 16.5. The van der Waals surface area contributed by atoms with Crippen LogP contribution in [0, 0.1) is 0 Å². The normalized spacial score (nSPS) is 17.4. The number of fused-ring (bicyclic) bond motifs is 1. The Kier molecular flexibility index (Phi) is 9.00. The van der Waals surface area contributed by atoms with Gasteiger partial charge >= 0.3 is 0 Å². The molecular weight excluding hydrogens is 342 g/mol. The molecule has 154 valence electrons. The summed E-state index contributed by atoms with van der Waals surface area (Å²) in [5.41, 5.74) is 0. The Balaban J connectivity index is 1.80. The molecule has 2 rings (SSSR count). The number of hydrogen-bond acceptors (Lipinski definition) is 5. The monoisotopic (exact) mass is 379 g/mol. The lowest BCUT2D eigenvalue weighted by Gasteiger charge is -2.25. The van der Waals surface area contributed by atoms with Gasteiger partial charge in [0.05, 0.1) is 6.54 Å². The molecule has 0 aliphatic carbocycles. The zero-order valence-electron chi connectivity index (χ0n) is 17.7.